The highest BCUT2D eigenvalue weighted by molar-refractivity contribution is 8.00. The summed E-state index contributed by atoms with van der Waals surface area (Å²) < 4.78 is 5.03. The Labute approximate surface area is 75.1 Å². The number of hydrogen-bond acceptors (Lipinski definition) is 5. The Morgan fingerprint density at radius 1 is 1.67 bits per heavy atom. The van der Waals surface area contributed by atoms with Crippen LogP contribution in [-0.2, 0) is 6.54 Å². The Balaban J connectivity index is 2.02. The van der Waals surface area contributed by atoms with Crippen molar-refractivity contribution in [1.29, 1.82) is 0 Å². The molecule has 0 atom stereocenters. The Morgan fingerprint density at radius 2 is 2.50 bits per heavy atom. The van der Waals surface area contributed by atoms with Crippen molar-refractivity contribution in [2.24, 2.45) is 0 Å². The van der Waals surface area contributed by atoms with E-state index in [1.165, 1.54) is 0 Å². The SMILES string of the molecule is CNCc1nc(C2CSC2)no1. The van der Waals surface area contributed by atoms with E-state index >= 15 is 0 Å². The van der Waals surface area contributed by atoms with Crippen LogP contribution in [0.1, 0.15) is 17.6 Å². The minimum Gasteiger partial charge on any atom is -0.338 e. The molecule has 1 fully saturated rings. The van der Waals surface area contributed by atoms with Crippen molar-refractivity contribution in [3.8, 4) is 0 Å². The van der Waals surface area contributed by atoms with Crippen molar-refractivity contribution >= 4 is 11.8 Å². The maximum absolute atomic E-state index is 5.03. The molecule has 5 heteroatoms. The summed E-state index contributed by atoms with van der Waals surface area (Å²) in [4.78, 5) is 4.27. The van der Waals surface area contributed by atoms with Crippen LogP contribution >= 0.6 is 11.8 Å². The molecule has 1 N–H and O–H groups in total. The molecule has 2 heterocycles. The summed E-state index contributed by atoms with van der Waals surface area (Å²) in [6.07, 6.45) is 0. The van der Waals surface area contributed by atoms with Crippen LogP contribution in [0.15, 0.2) is 4.52 Å². The van der Waals surface area contributed by atoms with Gasteiger partial charge in [0.2, 0.25) is 5.89 Å². The molecule has 0 saturated carbocycles. The van der Waals surface area contributed by atoms with Gasteiger partial charge in [0.05, 0.1) is 6.54 Å². The first-order valence-corrected chi connectivity index (χ1v) is 5.10. The first-order chi connectivity index (χ1) is 5.90. The highest BCUT2D eigenvalue weighted by Crippen LogP contribution is 2.31. The van der Waals surface area contributed by atoms with Gasteiger partial charge in [-0.1, -0.05) is 5.16 Å². The predicted molar refractivity (Wildman–Crippen MR) is 47.1 cm³/mol. The van der Waals surface area contributed by atoms with Crippen molar-refractivity contribution in [2.45, 2.75) is 12.5 Å². The zero-order valence-corrected chi connectivity index (χ0v) is 7.73. The zero-order chi connectivity index (χ0) is 8.39. The summed E-state index contributed by atoms with van der Waals surface area (Å²) in [7, 11) is 1.86. The van der Waals surface area contributed by atoms with Crippen molar-refractivity contribution < 1.29 is 4.52 Å². The Bertz CT molecular complexity index is 259. The summed E-state index contributed by atoms with van der Waals surface area (Å²) in [5.41, 5.74) is 0. The van der Waals surface area contributed by atoms with E-state index in [9.17, 15) is 0 Å². The summed E-state index contributed by atoms with van der Waals surface area (Å²) in [6, 6.07) is 0. The molecule has 0 radical (unpaired) electrons. The molecule has 1 aromatic heterocycles. The lowest BCUT2D eigenvalue weighted by molar-refractivity contribution is 0.365. The summed E-state index contributed by atoms with van der Waals surface area (Å²) in [5, 5.41) is 6.89. The lowest BCUT2D eigenvalue weighted by atomic mass is 10.2. The third-order valence-electron chi connectivity index (χ3n) is 1.82. The third kappa shape index (κ3) is 1.47. The molecule has 0 spiro atoms. The van der Waals surface area contributed by atoms with E-state index < -0.39 is 0 Å². The molecule has 4 nitrogen and oxygen atoms in total. The number of rotatable bonds is 3. The van der Waals surface area contributed by atoms with E-state index in [0.717, 1.165) is 17.3 Å². The smallest absolute Gasteiger partial charge is 0.240 e. The van der Waals surface area contributed by atoms with Gasteiger partial charge in [0, 0.05) is 17.4 Å². The van der Waals surface area contributed by atoms with E-state index in [4.69, 9.17) is 4.52 Å². The Hall–Kier alpha value is -0.550. The highest BCUT2D eigenvalue weighted by atomic mass is 32.2. The molecule has 66 valence electrons. The summed E-state index contributed by atoms with van der Waals surface area (Å²) in [5.74, 6) is 4.37. The fourth-order valence-corrected chi connectivity index (χ4v) is 1.81. The maximum atomic E-state index is 5.03. The van der Waals surface area contributed by atoms with Gasteiger partial charge < -0.3 is 9.84 Å². The molecule has 0 amide bonds. The molecule has 1 aliphatic heterocycles. The van der Waals surface area contributed by atoms with E-state index in [2.05, 4.69) is 15.5 Å². The van der Waals surface area contributed by atoms with E-state index in [0.29, 0.717) is 18.4 Å². The summed E-state index contributed by atoms with van der Waals surface area (Å²) in [6.45, 7) is 0.660. The van der Waals surface area contributed by atoms with Crippen LogP contribution in [0, 0.1) is 0 Å². The van der Waals surface area contributed by atoms with Crippen LogP contribution in [0.4, 0.5) is 0 Å². The molecule has 0 aromatic carbocycles. The van der Waals surface area contributed by atoms with Gasteiger partial charge in [-0.2, -0.15) is 16.7 Å². The van der Waals surface area contributed by atoms with Gasteiger partial charge in [-0.25, -0.2) is 0 Å². The predicted octanol–water partition coefficient (Wildman–Crippen LogP) is 0.619. The van der Waals surface area contributed by atoms with Gasteiger partial charge in [-0.3, -0.25) is 0 Å². The summed E-state index contributed by atoms with van der Waals surface area (Å²) >= 11 is 1.93. The number of aromatic nitrogens is 2. The van der Waals surface area contributed by atoms with Crippen molar-refractivity contribution in [3.63, 3.8) is 0 Å². The Morgan fingerprint density at radius 3 is 3.08 bits per heavy atom. The molecule has 0 bridgehead atoms. The molecule has 12 heavy (non-hydrogen) atoms. The second kappa shape index (κ2) is 3.45. The van der Waals surface area contributed by atoms with Crippen molar-refractivity contribution in [3.05, 3.63) is 11.7 Å². The van der Waals surface area contributed by atoms with E-state index in [1.807, 2.05) is 18.8 Å². The Kier molecular flexibility index (Phi) is 2.32. The van der Waals surface area contributed by atoms with E-state index in [1.54, 1.807) is 0 Å². The van der Waals surface area contributed by atoms with Gasteiger partial charge in [0.15, 0.2) is 5.82 Å². The average molecular weight is 185 g/mol. The lowest BCUT2D eigenvalue weighted by Gasteiger charge is -2.20. The highest BCUT2D eigenvalue weighted by Gasteiger charge is 2.24. The van der Waals surface area contributed by atoms with Crippen molar-refractivity contribution in [2.75, 3.05) is 18.6 Å². The topological polar surface area (TPSA) is 51.0 Å². The van der Waals surface area contributed by atoms with Gasteiger partial charge in [0.25, 0.3) is 0 Å². The molecule has 0 unspecified atom stereocenters. The van der Waals surface area contributed by atoms with Crippen LogP contribution in [-0.4, -0.2) is 28.7 Å². The second-order valence-corrected chi connectivity index (χ2v) is 3.89. The normalized spacial score (nSPS) is 17.8. The molecule has 1 aliphatic rings. The van der Waals surface area contributed by atoms with Gasteiger partial charge >= 0.3 is 0 Å². The number of nitrogens with one attached hydrogen (secondary N) is 1. The van der Waals surface area contributed by atoms with Crippen molar-refractivity contribution in [1.82, 2.24) is 15.5 Å². The first kappa shape index (κ1) is 8.07. The lowest BCUT2D eigenvalue weighted by Crippen LogP contribution is -2.17. The number of hydrogen-bond donors (Lipinski definition) is 1. The monoisotopic (exact) mass is 185 g/mol. The molecular formula is C7H11N3OS. The number of thioether (sulfide) groups is 1. The molecule has 2 rings (SSSR count). The number of nitrogens with zero attached hydrogens (tertiary/aromatic N) is 2. The largest absolute Gasteiger partial charge is 0.338 e. The van der Waals surface area contributed by atoms with Gasteiger partial charge in [-0.15, -0.1) is 0 Å². The second-order valence-electron chi connectivity index (χ2n) is 2.81. The van der Waals surface area contributed by atoms with Crippen LogP contribution in [0.2, 0.25) is 0 Å². The minimum atomic E-state index is 0.532. The molecule has 1 saturated heterocycles. The van der Waals surface area contributed by atoms with Gasteiger partial charge in [-0.05, 0) is 7.05 Å². The molecule has 1 aromatic rings. The van der Waals surface area contributed by atoms with Gasteiger partial charge in [0.1, 0.15) is 0 Å². The standard InChI is InChI=1S/C7H11N3OS/c1-8-2-6-9-7(10-11-6)5-3-12-4-5/h5,8H,2-4H2,1H3. The molecule has 0 aliphatic carbocycles. The quantitative estimate of drug-likeness (QED) is 0.748. The minimum absolute atomic E-state index is 0.532. The third-order valence-corrected chi connectivity index (χ3v) is 3.09. The zero-order valence-electron chi connectivity index (χ0n) is 6.91. The fourth-order valence-electron chi connectivity index (χ4n) is 1.04. The van der Waals surface area contributed by atoms with Crippen LogP contribution in [0.3, 0.4) is 0 Å². The molecular weight excluding hydrogens is 174 g/mol. The van der Waals surface area contributed by atoms with Crippen LogP contribution < -0.4 is 5.32 Å². The first-order valence-electron chi connectivity index (χ1n) is 3.95. The van der Waals surface area contributed by atoms with Crippen LogP contribution in [0.5, 0.6) is 0 Å². The fraction of sp³-hybridized carbons (Fsp3) is 0.714. The van der Waals surface area contributed by atoms with E-state index in [-0.39, 0.29) is 0 Å². The maximum Gasteiger partial charge on any atom is 0.240 e. The average Bonchev–Trinajstić information content (AvgIpc) is 2.34. The van der Waals surface area contributed by atoms with Crippen LogP contribution in [0.25, 0.3) is 0 Å².